The van der Waals surface area contributed by atoms with E-state index in [9.17, 15) is 9.59 Å². The summed E-state index contributed by atoms with van der Waals surface area (Å²) in [4.78, 5) is 25.2. The summed E-state index contributed by atoms with van der Waals surface area (Å²) >= 11 is 0. The Hall–Kier alpha value is -1.14. The molecule has 1 N–H and O–H groups in total. The standard InChI is InChI=1S/C12H22N2O4/c1-3-17-7-4-11(15)13-10(2)12(16)14-5-8-18-9-6-14/h10H,3-9H2,1-2H3,(H,13,15). The van der Waals surface area contributed by atoms with Crippen LogP contribution in [0.1, 0.15) is 20.3 Å². The monoisotopic (exact) mass is 258 g/mol. The van der Waals surface area contributed by atoms with E-state index in [-0.39, 0.29) is 18.2 Å². The third-order valence-electron chi connectivity index (χ3n) is 2.75. The minimum Gasteiger partial charge on any atom is -0.381 e. The van der Waals surface area contributed by atoms with E-state index in [0.717, 1.165) is 0 Å². The van der Waals surface area contributed by atoms with Crippen LogP contribution < -0.4 is 5.32 Å². The minimum atomic E-state index is -0.489. The molecular weight excluding hydrogens is 236 g/mol. The van der Waals surface area contributed by atoms with E-state index in [1.165, 1.54) is 0 Å². The first-order valence-electron chi connectivity index (χ1n) is 6.38. The third-order valence-corrected chi connectivity index (χ3v) is 2.75. The van der Waals surface area contributed by atoms with Crippen LogP contribution in [0.2, 0.25) is 0 Å². The van der Waals surface area contributed by atoms with Crippen molar-refractivity contribution in [3.05, 3.63) is 0 Å². The molecule has 1 heterocycles. The van der Waals surface area contributed by atoms with Crippen LogP contribution in [0.15, 0.2) is 0 Å². The Morgan fingerprint density at radius 3 is 2.67 bits per heavy atom. The number of nitrogens with one attached hydrogen (secondary N) is 1. The van der Waals surface area contributed by atoms with E-state index >= 15 is 0 Å². The molecule has 1 unspecified atom stereocenters. The number of carbonyl (C=O) groups is 2. The van der Waals surface area contributed by atoms with Crippen molar-refractivity contribution in [3.8, 4) is 0 Å². The lowest BCUT2D eigenvalue weighted by atomic mass is 10.2. The quantitative estimate of drug-likeness (QED) is 0.669. The summed E-state index contributed by atoms with van der Waals surface area (Å²) in [6.07, 6.45) is 0.286. The van der Waals surface area contributed by atoms with Crippen molar-refractivity contribution in [2.24, 2.45) is 0 Å². The zero-order valence-electron chi connectivity index (χ0n) is 11.1. The van der Waals surface area contributed by atoms with Crippen molar-refractivity contribution in [2.75, 3.05) is 39.5 Å². The number of hydrogen-bond donors (Lipinski definition) is 1. The Balaban J connectivity index is 2.27. The third kappa shape index (κ3) is 5.01. The van der Waals surface area contributed by atoms with Crippen LogP contribution in [0.5, 0.6) is 0 Å². The molecule has 0 aromatic heterocycles. The van der Waals surface area contributed by atoms with Crippen molar-refractivity contribution < 1.29 is 19.1 Å². The average molecular weight is 258 g/mol. The summed E-state index contributed by atoms with van der Waals surface area (Å²) in [5, 5.41) is 2.68. The fourth-order valence-corrected chi connectivity index (χ4v) is 1.74. The van der Waals surface area contributed by atoms with Crippen molar-refractivity contribution in [2.45, 2.75) is 26.3 Å². The van der Waals surface area contributed by atoms with Crippen molar-refractivity contribution in [1.29, 1.82) is 0 Å². The van der Waals surface area contributed by atoms with E-state index in [1.807, 2.05) is 6.92 Å². The van der Waals surface area contributed by atoms with Crippen LogP contribution in [0.25, 0.3) is 0 Å². The Morgan fingerprint density at radius 1 is 1.39 bits per heavy atom. The fraction of sp³-hybridized carbons (Fsp3) is 0.833. The molecule has 104 valence electrons. The van der Waals surface area contributed by atoms with Gasteiger partial charge < -0.3 is 19.7 Å². The molecule has 1 rings (SSSR count). The fourth-order valence-electron chi connectivity index (χ4n) is 1.74. The molecule has 0 spiro atoms. The minimum absolute atomic E-state index is 0.0527. The molecule has 6 nitrogen and oxygen atoms in total. The van der Waals surface area contributed by atoms with E-state index in [0.29, 0.717) is 39.5 Å². The molecule has 1 aliphatic rings. The molecule has 0 radical (unpaired) electrons. The van der Waals surface area contributed by atoms with Gasteiger partial charge in [-0.05, 0) is 13.8 Å². The molecule has 2 amide bonds. The highest BCUT2D eigenvalue weighted by molar-refractivity contribution is 5.87. The van der Waals surface area contributed by atoms with E-state index in [1.54, 1.807) is 11.8 Å². The number of rotatable bonds is 6. The summed E-state index contributed by atoms with van der Waals surface area (Å²) in [5.41, 5.74) is 0. The first-order chi connectivity index (χ1) is 8.65. The molecule has 6 heteroatoms. The highest BCUT2D eigenvalue weighted by Crippen LogP contribution is 2.00. The SMILES string of the molecule is CCOCCC(=O)NC(C)C(=O)N1CCOCC1. The maximum absolute atomic E-state index is 12.0. The van der Waals surface area contributed by atoms with E-state index < -0.39 is 6.04 Å². The molecule has 1 fully saturated rings. The van der Waals surface area contributed by atoms with Crippen LogP contribution in [0, 0.1) is 0 Å². The van der Waals surface area contributed by atoms with Gasteiger partial charge in [-0.25, -0.2) is 0 Å². The number of amides is 2. The molecule has 18 heavy (non-hydrogen) atoms. The number of morpholine rings is 1. The Morgan fingerprint density at radius 2 is 2.06 bits per heavy atom. The van der Waals surface area contributed by atoms with Gasteiger partial charge in [0, 0.05) is 26.1 Å². The second-order valence-corrected chi connectivity index (χ2v) is 4.17. The number of hydrogen-bond acceptors (Lipinski definition) is 4. The summed E-state index contributed by atoms with van der Waals surface area (Å²) in [7, 11) is 0. The highest BCUT2D eigenvalue weighted by atomic mass is 16.5. The molecule has 1 saturated heterocycles. The van der Waals surface area contributed by atoms with Gasteiger partial charge >= 0.3 is 0 Å². The van der Waals surface area contributed by atoms with Gasteiger partial charge in [0.1, 0.15) is 6.04 Å². The predicted octanol–water partition coefficient (Wildman–Crippen LogP) is -0.223. The maximum atomic E-state index is 12.0. The first kappa shape index (κ1) is 14.9. The van der Waals surface area contributed by atoms with Gasteiger partial charge in [-0.3, -0.25) is 9.59 Å². The van der Waals surface area contributed by atoms with Gasteiger partial charge in [-0.15, -0.1) is 0 Å². The lowest BCUT2D eigenvalue weighted by molar-refractivity contribution is -0.139. The van der Waals surface area contributed by atoms with Crippen LogP contribution in [-0.2, 0) is 19.1 Å². The Bertz CT molecular complexity index is 277. The summed E-state index contributed by atoms with van der Waals surface area (Å²) in [5.74, 6) is -0.208. The van der Waals surface area contributed by atoms with E-state index in [2.05, 4.69) is 5.32 Å². The zero-order valence-corrected chi connectivity index (χ0v) is 11.1. The van der Waals surface area contributed by atoms with Gasteiger partial charge in [-0.1, -0.05) is 0 Å². The Labute approximate surface area is 108 Å². The predicted molar refractivity (Wildman–Crippen MR) is 66.1 cm³/mol. The van der Waals surface area contributed by atoms with E-state index in [4.69, 9.17) is 9.47 Å². The number of carbonyl (C=O) groups excluding carboxylic acids is 2. The van der Waals surface area contributed by atoms with Crippen LogP contribution in [0.3, 0.4) is 0 Å². The highest BCUT2D eigenvalue weighted by Gasteiger charge is 2.23. The lowest BCUT2D eigenvalue weighted by Gasteiger charge is -2.29. The van der Waals surface area contributed by atoms with Gasteiger partial charge in [0.15, 0.2) is 0 Å². The van der Waals surface area contributed by atoms with Gasteiger partial charge in [-0.2, -0.15) is 0 Å². The van der Waals surface area contributed by atoms with Gasteiger partial charge in [0.05, 0.1) is 19.8 Å². The Kier molecular flexibility index (Phi) is 6.67. The molecule has 0 aromatic rings. The summed E-state index contributed by atoms with van der Waals surface area (Å²) in [6, 6.07) is -0.489. The summed E-state index contributed by atoms with van der Waals surface area (Å²) < 4.78 is 10.3. The molecule has 1 atom stereocenters. The van der Waals surface area contributed by atoms with Crippen molar-refractivity contribution in [1.82, 2.24) is 10.2 Å². The number of ether oxygens (including phenoxy) is 2. The molecule has 1 aliphatic heterocycles. The maximum Gasteiger partial charge on any atom is 0.245 e. The molecule has 0 aromatic carbocycles. The molecule has 0 aliphatic carbocycles. The second kappa shape index (κ2) is 8.05. The van der Waals surface area contributed by atoms with Crippen molar-refractivity contribution in [3.63, 3.8) is 0 Å². The molecular formula is C12H22N2O4. The topological polar surface area (TPSA) is 67.9 Å². The lowest BCUT2D eigenvalue weighted by Crippen LogP contribution is -2.50. The molecule has 0 saturated carbocycles. The van der Waals surface area contributed by atoms with Crippen LogP contribution in [-0.4, -0.2) is 62.3 Å². The van der Waals surface area contributed by atoms with Crippen LogP contribution in [0.4, 0.5) is 0 Å². The van der Waals surface area contributed by atoms with Crippen molar-refractivity contribution >= 4 is 11.8 Å². The van der Waals surface area contributed by atoms with Crippen LogP contribution >= 0.6 is 0 Å². The second-order valence-electron chi connectivity index (χ2n) is 4.17. The van der Waals surface area contributed by atoms with Gasteiger partial charge in [0.2, 0.25) is 11.8 Å². The largest absolute Gasteiger partial charge is 0.381 e. The molecule has 0 bridgehead atoms. The number of nitrogens with zero attached hydrogens (tertiary/aromatic N) is 1. The summed E-state index contributed by atoms with van der Waals surface area (Å²) in [6.45, 7) is 6.89. The van der Waals surface area contributed by atoms with Gasteiger partial charge in [0.25, 0.3) is 0 Å². The average Bonchev–Trinajstić information content (AvgIpc) is 2.39. The first-order valence-corrected chi connectivity index (χ1v) is 6.38. The zero-order chi connectivity index (χ0) is 13.4. The smallest absolute Gasteiger partial charge is 0.245 e. The normalized spacial score (nSPS) is 17.3.